The Bertz CT molecular complexity index is 204. The Balaban J connectivity index is 2.67. The largest absolute Gasteiger partial charge is 0.274 e. The van der Waals surface area contributed by atoms with Crippen molar-refractivity contribution in [3.63, 3.8) is 0 Å². The minimum Gasteiger partial charge on any atom is -0.274 e. The van der Waals surface area contributed by atoms with E-state index in [4.69, 9.17) is 6.42 Å². The van der Waals surface area contributed by atoms with E-state index in [1.54, 1.807) is 0 Å². The lowest BCUT2D eigenvalue weighted by atomic mass is 10.1. The molecule has 0 aromatic rings. The van der Waals surface area contributed by atoms with Crippen LogP contribution in [0.3, 0.4) is 0 Å². The van der Waals surface area contributed by atoms with Crippen LogP contribution >= 0.6 is 0 Å². The van der Waals surface area contributed by atoms with Gasteiger partial charge in [-0.05, 0) is 20.8 Å². The fourth-order valence-corrected chi connectivity index (χ4v) is 1.54. The lowest BCUT2D eigenvalue weighted by Crippen LogP contribution is -2.28. The van der Waals surface area contributed by atoms with E-state index in [-0.39, 0.29) is 11.6 Å². The summed E-state index contributed by atoms with van der Waals surface area (Å²) in [6, 6.07) is 0.687. The van der Waals surface area contributed by atoms with Crippen LogP contribution < -0.4 is 0 Å². The molecular formula is C10H15N. The molecular weight excluding hydrogens is 134 g/mol. The average Bonchev–Trinajstić information content (AvgIpc) is 2.58. The van der Waals surface area contributed by atoms with Crippen LogP contribution in [0.15, 0.2) is 12.7 Å². The van der Waals surface area contributed by atoms with Crippen molar-refractivity contribution in [2.24, 2.45) is 0 Å². The van der Waals surface area contributed by atoms with Crippen molar-refractivity contribution in [1.82, 2.24) is 4.90 Å². The first-order valence-electron chi connectivity index (χ1n) is 3.89. The maximum absolute atomic E-state index is 5.35. The van der Waals surface area contributed by atoms with Gasteiger partial charge in [-0.2, -0.15) is 0 Å². The lowest BCUT2D eigenvalue weighted by molar-refractivity contribution is 0.287. The second-order valence-electron chi connectivity index (χ2n) is 3.92. The van der Waals surface area contributed by atoms with Crippen LogP contribution in [-0.2, 0) is 0 Å². The van der Waals surface area contributed by atoms with E-state index in [1.807, 2.05) is 6.08 Å². The highest BCUT2D eigenvalue weighted by atomic mass is 15.4. The summed E-state index contributed by atoms with van der Waals surface area (Å²) in [5.41, 5.74) is 0.176. The minimum atomic E-state index is 0.176. The van der Waals surface area contributed by atoms with Crippen molar-refractivity contribution < 1.29 is 0 Å². The molecule has 1 nitrogen and oxygen atoms in total. The molecule has 1 fully saturated rings. The van der Waals surface area contributed by atoms with Gasteiger partial charge in [0.15, 0.2) is 0 Å². The molecule has 0 saturated carbocycles. The number of nitrogens with zero attached hydrogens (tertiary/aromatic N) is 1. The molecule has 3 atom stereocenters. The molecule has 0 amide bonds. The number of terminal acetylenes is 1. The molecule has 1 aliphatic rings. The molecule has 0 N–H and O–H groups in total. The lowest BCUT2D eigenvalue weighted by Gasteiger charge is -2.20. The molecule has 0 aromatic carbocycles. The summed E-state index contributed by atoms with van der Waals surface area (Å²) in [6.45, 7) is 10.2. The standard InChI is InChI=1S/C10H15N/c1-6-8-9(7-2)11(8)10(3,4)5/h1,7-9H,2H2,3-5H3/t8-,9+,11?/m1/s1. The molecule has 0 bridgehead atoms. The number of rotatable bonds is 1. The van der Waals surface area contributed by atoms with E-state index < -0.39 is 0 Å². The Labute approximate surface area is 69.1 Å². The normalized spacial score (nSPS) is 36.0. The van der Waals surface area contributed by atoms with E-state index in [1.165, 1.54) is 0 Å². The fraction of sp³-hybridized carbons (Fsp3) is 0.600. The van der Waals surface area contributed by atoms with Gasteiger partial charge in [-0.3, -0.25) is 4.90 Å². The van der Waals surface area contributed by atoms with Gasteiger partial charge in [-0.15, -0.1) is 13.0 Å². The Kier molecular flexibility index (Phi) is 1.82. The van der Waals surface area contributed by atoms with E-state index >= 15 is 0 Å². The number of hydrogen-bond acceptors (Lipinski definition) is 1. The maximum Gasteiger partial charge on any atom is 0.0916 e. The first kappa shape index (κ1) is 8.36. The Hall–Kier alpha value is -0.740. The van der Waals surface area contributed by atoms with Crippen LogP contribution in [0.1, 0.15) is 20.8 Å². The number of hydrogen-bond donors (Lipinski definition) is 0. The second-order valence-corrected chi connectivity index (χ2v) is 3.92. The highest BCUT2D eigenvalue weighted by molar-refractivity contribution is 5.26. The molecule has 60 valence electrons. The monoisotopic (exact) mass is 149 g/mol. The van der Waals surface area contributed by atoms with Crippen LogP contribution in [-0.4, -0.2) is 22.5 Å². The Morgan fingerprint density at radius 2 is 2.09 bits per heavy atom. The first-order chi connectivity index (χ1) is 5.02. The van der Waals surface area contributed by atoms with Crippen molar-refractivity contribution in [2.75, 3.05) is 0 Å². The van der Waals surface area contributed by atoms with Crippen molar-refractivity contribution in [2.45, 2.75) is 38.4 Å². The highest BCUT2D eigenvalue weighted by Gasteiger charge is 2.50. The molecule has 1 saturated heterocycles. The van der Waals surface area contributed by atoms with Gasteiger partial charge in [-0.1, -0.05) is 12.0 Å². The third kappa shape index (κ3) is 1.32. The maximum atomic E-state index is 5.35. The summed E-state index contributed by atoms with van der Waals surface area (Å²) >= 11 is 0. The molecule has 1 unspecified atom stereocenters. The molecule has 0 spiro atoms. The van der Waals surface area contributed by atoms with E-state index in [0.717, 1.165) is 0 Å². The Morgan fingerprint density at radius 1 is 1.55 bits per heavy atom. The molecule has 1 aliphatic heterocycles. The summed E-state index contributed by atoms with van der Waals surface area (Å²) in [4.78, 5) is 2.28. The first-order valence-corrected chi connectivity index (χ1v) is 3.89. The topological polar surface area (TPSA) is 3.01 Å². The van der Waals surface area contributed by atoms with Crippen LogP contribution in [0.2, 0.25) is 0 Å². The molecule has 0 aromatic heterocycles. The third-order valence-corrected chi connectivity index (χ3v) is 2.04. The van der Waals surface area contributed by atoms with Crippen molar-refractivity contribution >= 4 is 0 Å². The van der Waals surface area contributed by atoms with Crippen LogP contribution in [0.25, 0.3) is 0 Å². The predicted molar refractivity (Wildman–Crippen MR) is 48.2 cm³/mol. The molecule has 1 heterocycles. The summed E-state index contributed by atoms with van der Waals surface area (Å²) < 4.78 is 0. The van der Waals surface area contributed by atoms with E-state index in [9.17, 15) is 0 Å². The van der Waals surface area contributed by atoms with Crippen LogP contribution in [0.5, 0.6) is 0 Å². The SMILES string of the molecule is C#C[C@@H]1[C@H](C=C)N1C(C)(C)C. The van der Waals surface area contributed by atoms with E-state index in [0.29, 0.717) is 6.04 Å². The summed E-state index contributed by atoms with van der Waals surface area (Å²) in [5, 5.41) is 0. The van der Waals surface area contributed by atoms with Crippen molar-refractivity contribution in [3.05, 3.63) is 12.7 Å². The zero-order valence-electron chi connectivity index (χ0n) is 7.46. The summed E-state index contributed by atoms with van der Waals surface area (Å²) in [6.07, 6.45) is 7.27. The predicted octanol–water partition coefficient (Wildman–Crippen LogP) is 1.66. The van der Waals surface area contributed by atoms with Gasteiger partial charge in [0, 0.05) is 5.54 Å². The summed E-state index contributed by atoms with van der Waals surface area (Å²) in [5.74, 6) is 2.75. The molecule has 1 rings (SSSR count). The minimum absolute atomic E-state index is 0.176. The van der Waals surface area contributed by atoms with Gasteiger partial charge in [0.05, 0.1) is 12.1 Å². The zero-order chi connectivity index (χ0) is 8.65. The van der Waals surface area contributed by atoms with Gasteiger partial charge in [-0.25, -0.2) is 0 Å². The van der Waals surface area contributed by atoms with Crippen LogP contribution in [0.4, 0.5) is 0 Å². The molecule has 11 heavy (non-hydrogen) atoms. The van der Waals surface area contributed by atoms with Crippen molar-refractivity contribution in [1.29, 1.82) is 0 Å². The van der Waals surface area contributed by atoms with Gasteiger partial charge in [0.1, 0.15) is 0 Å². The molecule has 1 heteroatoms. The highest BCUT2D eigenvalue weighted by Crippen LogP contribution is 2.36. The van der Waals surface area contributed by atoms with Gasteiger partial charge >= 0.3 is 0 Å². The summed E-state index contributed by atoms with van der Waals surface area (Å²) in [7, 11) is 0. The quantitative estimate of drug-likeness (QED) is 0.311. The van der Waals surface area contributed by atoms with Crippen molar-refractivity contribution in [3.8, 4) is 12.3 Å². The smallest absolute Gasteiger partial charge is 0.0916 e. The van der Waals surface area contributed by atoms with Gasteiger partial charge in [0.2, 0.25) is 0 Å². The molecule has 0 radical (unpaired) electrons. The van der Waals surface area contributed by atoms with Crippen LogP contribution in [0, 0.1) is 12.3 Å². The van der Waals surface area contributed by atoms with E-state index in [2.05, 4.69) is 38.2 Å². The second kappa shape index (κ2) is 2.39. The van der Waals surface area contributed by atoms with Gasteiger partial charge < -0.3 is 0 Å². The Morgan fingerprint density at radius 3 is 2.18 bits per heavy atom. The zero-order valence-corrected chi connectivity index (χ0v) is 7.46. The average molecular weight is 149 g/mol. The van der Waals surface area contributed by atoms with Gasteiger partial charge in [0.25, 0.3) is 0 Å². The fourth-order valence-electron chi connectivity index (χ4n) is 1.54. The third-order valence-electron chi connectivity index (χ3n) is 2.04. The molecule has 0 aliphatic carbocycles.